The number of carbonyl (C=O) groups excluding carboxylic acids is 1. The highest BCUT2D eigenvalue weighted by Crippen LogP contribution is 2.03. The molecule has 0 radical (unpaired) electrons. The highest BCUT2D eigenvalue weighted by Gasteiger charge is 2.08. The lowest BCUT2D eigenvalue weighted by molar-refractivity contribution is -0.121. The number of hydrogen-bond donors (Lipinski definition) is 2. The first kappa shape index (κ1) is 13.8. The van der Waals surface area contributed by atoms with Crippen LogP contribution in [0.1, 0.15) is 22.7 Å². The largest absolute Gasteiger partial charge is 0.476 e. The molecule has 2 rings (SSSR count). The molecule has 106 valence electrons. The number of aromatic nitrogens is 3. The first-order valence-corrected chi connectivity index (χ1v) is 6.07. The molecule has 0 saturated heterocycles. The second-order valence-corrected chi connectivity index (χ2v) is 4.10. The molecule has 0 spiro atoms. The highest BCUT2D eigenvalue weighted by molar-refractivity contribution is 5.84. The fraction of sp³-hybridized carbons (Fsp3) is 0.333. The van der Waals surface area contributed by atoms with Crippen LogP contribution < -0.4 is 5.32 Å². The number of carbonyl (C=O) groups is 2. The summed E-state index contributed by atoms with van der Waals surface area (Å²) in [5.74, 6) is -0.457. The Morgan fingerprint density at radius 3 is 2.95 bits per heavy atom. The molecule has 0 atom stereocenters. The Hall–Kier alpha value is -2.64. The zero-order valence-electron chi connectivity index (χ0n) is 10.7. The summed E-state index contributed by atoms with van der Waals surface area (Å²) in [6.07, 6.45) is 3.77. The molecule has 2 aromatic heterocycles. The van der Waals surface area contributed by atoms with Crippen molar-refractivity contribution in [3.05, 3.63) is 36.0 Å². The Bertz CT molecular complexity index is 576. The second-order valence-electron chi connectivity index (χ2n) is 4.10. The quantitative estimate of drug-likeness (QED) is 0.754. The van der Waals surface area contributed by atoms with Crippen LogP contribution in [0, 0.1) is 0 Å². The summed E-state index contributed by atoms with van der Waals surface area (Å²) in [6, 6.07) is 3.59. The molecule has 0 unspecified atom stereocenters. The van der Waals surface area contributed by atoms with Crippen LogP contribution in [0.15, 0.2) is 29.0 Å². The summed E-state index contributed by atoms with van der Waals surface area (Å²) in [5.41, 5.74) is -0.117. The van der Waals surface area contributed by atoms with Crippen molar-refractivity contribution in [2.75, 3.05) is 6.54 Å². The van der Waals surface area contributed by atoms with E-state index in [4.69, 9.17) is 9.52 Å². The van der Waals surface area contributed by atoms with Crippen LogP contribution in [0.4, 0.5) is 0 Å². The van der Waals surface area contributed by atoms with Crippen molar-refractivity contribution in [2.45, 2.75) is 19.4 Å². The molecule has 2 heterocycles. The molecule has 0 aromatic carbocycles. The fourth-order valence-electron chi connectivity index (χ4n) is 1.60. The van der Waals surface area contributed by atoms with E-state index in [1.54, 1.807) is 12.3 Å². The van der Waals surface area contributed by atoms with E-state index in [9.17, 15) is 9.59 Å². The van der Waals surface area contributed by atoms with E-state index >= 15 is 0 Å². The lowest BCUT2D eigenvalue weighted by Crippen LogP contribution is -2.27. The number of carboxylic acids is 1. The molecule has 0 aliphatic rings. The van der Waals surface area contributed by atoms with Crippen LogP contribution in [0.3, 0.4) is 0 Å². The molecule has 20 heavy (non-hydrogen) atoms. The van der Waals surface area contributed by atoms with Crippen LogP contribution in [-0.4, -0.2) is 38.5 Å². The maximum absolute atomic E-state index is 11.5. The zero-order chi connectivity index (χ0) is 14.4. The molecule has 2 N–H and O–H groups in total. The summed E-state index contributed by atoms with van der Waals surface area (Å²) in [4.78, 5) is 22.1. The van der Waals surface area contributed by atoms with E-state index < -0.39 is 5.97 Å². The Morgan fingerprint density at radius 2 is 2.30 bits per heavy atom. The Labute approximate surface area is 114 Å². The Kier molecular flexibility index (Phi) is 4.48. The number of nitrogens with zero attached hydrogens (tertiary/aromatic N) is 3. The van der Waals surface area contributed by atoms with Crippen molar-refractivity contribution in [2.24, 2.45) is 0 Å². The summed E-state index contributed by atoms with van der Waals surface area (Å²) >= 11 is 0. The van der Waals surface area contributed by atoms with Gasteiger partial charge in [-0.1, -0.05) is 5.21 Å². The van der Waals surface area contributed by atoms with Crippen LogP contribution >= 0.6 is 0 Å². The number of aryl methyl sites for hydroxylation is 1. The molecule has 0 bridgehead atoms. The van der Waals surface area contributed by atoms with E-state index in [-0.39, 0.29) is 11.6 Å². The molecule has 0 aliphatic carbocycles. The van der Waals surface area contributed by atoms with Crippen molar-refractivity contribution in [1.29, 1.82) is 0 Å². The SMILES string of the molecule is O=C(CCc1ccco1)NCCn1cc(C(=O)O)nn1. The van der Waals surface area contributed by atoms with Crippen LogP contribution in [-0.2, 0) is 17.8 Å². The van der Waals surface area contributed by atoms with E-state index in [0.717, 1.165) is 5.76 Å². The van der Waals surface area contributed by atoms with Crippen LogP contribution in [0.5, 0.6) is 0 Å². The van der Waals surface area contributed by atoms with Gasteiger partial charge in [-0.2, -0.15) is 0 Å². The number of hydrogen-bond acceptors (Lipinski definition) is 5. The number of nitrogens with one attached hydrogen (secondary N) is 1. The molecule has 8 nitrogen and oxygen atoms in total. The third-order valence-electron chi connectivity index (χ3n) is 2.60. The third kappa shape index (κ3) is 3.94. The van der Waals surface area contributed by atoms with Gasteiger partial charge in [-0.15, -0.1) is 5.10 Å². The second kappa shape index (κ2) is 6.50. The van der Waals surface area contributed by atoms with E-state index in [1.165, 1.54) is 10.9 Å². The van der Waals surface area contributed by atoms with Gasteiger partial charge in [0, 0.05) is 19.4 Å². The van der Waals surface area contributed by atoms with Gasteiger partial charge in [-0.05, 0) is 12.1 Å². The van der Waals surface area contributed by atoms with Crippen molar-refractivity contribution in [3.63, 3.8) is 0 Å². The predicted molar refractivity (Wildman–Crippen MR) is 67.0 cm³/mol. The van der Waals surface area contributed by atoms with Crippen molar-refractivity contribution >= 4 is 11.9 Å². The maximum Gasteiger partial charge on any atom is 0.358 e. The van der Waals surface area contributed by atoms with Gasteiger partial charge >= 0.3 is 5.97 Å². The van der Waals surface area contributed by atoms with Gasteiger partial charge in [-0.3, -0.25) is 4.79 Å². The summed E-state index contributed by atoms with van der Waals surface area (Å²) in [6.45, 7) is 0.728. The molecule has 1 amide bonds. The lowest BCUT2D eigenvalue weighted by Gasteiger charge is -2.04. The predicted octanol–water partition coefficient (Wildman–Crippen LogP) is 0.318. The van der Waals surface area contributed by atoms with Crippen molar-refractivity contribution in [3.8, 4) is 0 Å². The number of furan rings is 1. The van der Waals surface area contributed by atoms with Gasteiger partial charge in [0.2, 0.25) is 5.91 Å². The highest BCUT2D eigenvalue weighted by atomic mass is 16.4. The van der Waals surface area contributed by atoms with E-state index in [2.05, 4.69) is 15.6 Å². The summed E-state index contributed by atoms with van der Waals surface area (Å²) in [7, 11) is 0. The standard InChI is InChI=1S/C12H14N4O4/c17-11(4-3-9-2-1-7-20-9)13-5-6-16-8-10(12(18)19)14-15-16/h1-2,7-8H,3-6H2,(H,13,17)(H,18,19). The molecular formula is C12H14N4O4. The minimum atomic E-state index is -1.13. The van der Waals surface area contributed by atoms with E-state index in [0.29, 0.717) is 25.9 Å². The minimum absolute atomic E-state index is 0.0972. The molecule has 2 aromatic rings. The first-order chi connectivity index (χ1) is 9.65. The Morgan fingerprint density at radius 1 is 1.45 bits per heavy atom. The van der Waals surface area contributed by atoms with Crippen LogP contribution in [0.25, 0.3) is 0 Å². The third-order valence-corrected chi connectivity index (χ3v) is 2.60. The number of rotatable bonds is 7. The fourth-order valence-corrected chi connectivity index (χ4v) is 1.60. The van der Waals surface area contributed by atoms with Gasteiger partial charge in [0.05, 0.1) is 19.0 Å². The number of aromatic carboxylic acids is 1. The molecule has 0 aliphatic heterocycles. The number of amides is 1. The number of carboxylic acid groups (broad SMARTS) is 1. The normalized spacial score (nSPS) is 10.4. The maximum atomic E-state index is 11.5. The summed E-state index contributed by atoms with van der Waals surface area (Å²) < 4.78 is 6.50. The van der Waals surface area contributed by atoms with Crippen molar-refractivity contribution in [1.82, 2.24) is 20.3 Å². The molecular weight excluding hydrogens is 264 g/mol. The monoisotopic (exact) mass is 278 g/mol. The summed E-state index contributed by atoms with van der Waals surface area (Å²) in [5, 5.41) is 18.5. The molecule has 0 fully saturated rings. The Balaban J connectivity index is 1.67. The lowest BCUT2D eigenvalue weighted by atomic mass is 10.2. The smallest absolute Gasteiger partial charge is 0.358 e. The average Bonchev–Trinajstić information content (AvgIpc) is 3.07. The topological polar surface area (TPSA) is 110 Å². The average molecular weight is 278 g/mol. The minimum Gasteiger partial charge on any atom is -0.476 e. The van der Waals surface area contributed by atoms with Crippen molar-refractivity contribution < 1.29 is 19.1 Å². The van der Waals surface area contributed by atoms with Gasteiger partial charge in [0.25, 0.3) is 0 Å². The molecule has 8 heteroatoms. The van der Waals surface area contributed by atoms with Gasteiger partial charge < -0.3 is 14.8 Å². The van der Waals surface area contributed by atoms with Gasteiger partial charge in [-0.25, -0.2) is 9.48 Å². The van der Waals surface area contributed by atoms with Gasteiger partial charge in [0.15, 0.2) is 5.69 Å². The first-order valence-electron chi connectivity index (χ1n) is 6.07. The molecule has 0 saturated carbocycles. The van der Waals surface area contributed by atoms with Crippen LogP contribution in [0.2, 0.25) is 0 Å². The van der Waals surface area contributed by atoms with E-state index in [1.807, 2.05) is 6.07 Å². The van der Waals surface area contributed by atoms with Gasteiger partial charge in [0.1, 0.15) is 5.76 Å². The zero-order valence-corrected chi connectivity index (χ0v) is 10.7.